The van der Waals surface area contributed by atoms with Gasteiger partial charge in [-0.05, 0) is 46.3 Å². The maximum Gasteiger partial charge on any atom is 0.124 e. The van der Waals surface area contributed by atoms with E-state index < -0.39 is 11.9 Å². The summed E-state index contributed by atoms with van der Waals surface area (Å²) in [5.41, 5.74) is 0.700. The van der Waals surface area contributed by atoms with Gasteiger partial charge in [-0.15, -0.1) is 0 Å². The van der Waals surface area contributed by atoms with Gasteiger partial charge in [0.05, 0.1) is 5.69 Å². The van der Waals surface area contributed by atoms with Crippen molar-refractivity contribution in [1.82, 2.24) is 4.98 Å². The van der Waals surface area contributed by atoms with E-state index in [4.69, 9.17) is 11.6 Å². The smallest absolute Gasteiger partial charge is 0.124 e. The molecule has 2 nitrogen and oxygen atoms in total. The molecule has 1 aromatic heterocycles. The molecule has 0 spiro atoms. The lowest BCUT2D eigenvalue weighted by molar-refractivity contribution is 0.214. The van der Waals surface area contributed by atoms with E-state index in [0.29, 0.717) is 20.8 Å². The molecule has 0 bridgehead atoms. The summed E-state index contributed by atoms with van der Waals surface area (Å²) >= 11 is 9.20. The van der Waals surface area contributed by atoms with Gasteiger partial charge in [0.25, 0.3) is 0 Å². The first kappa shape index (κ1) is 12.5. The highest BCUT2D eigenvalue weighted by molar-refractivity contribution is 9.10. The molecule has 1 aromatic carbocycles. The quantitative estimate of drug-likeness (QED) is 0.916. The maximum atomic E-state index is 13.1. The molecule has 0 saturated heterocycles. The molecule has 1 unspecified atom stereocenters. The van der Waals surface area contributed by atoms with Crippen molar-refractivity contribution in [1.29, 1.82) is 0 Å². The molecule has 2 aromatic rings. The number of benzene rings is 1. The Morgan fingerprint density at radius 1 is 1.35 bits per heavy atom. The molecule has 0 fully saturated rings. The minimum atomic E-state index is -1.06. The average Bonchev–Trinajstić information content (AvgIpc) is 2.32. The van der Waals surface area contributed by atoms with Crippen LogP contribution in [0, 0.1) is 5.82 Å². The van der Waals surface area contributed by atoms with Gasteiger partial charge < -0.3 is 5.11 Å². The molecule has 88 valence electrons. The summed E-state index contributed by atoms with van der Waals surface area (Å²) in [4.78, 5) is 4.05. The second kappa shape index (κ2) is 5.12. The van der Waals surface area contributed by atoms with Crippen LogP contribution in [0.4, 0.5) is 4.39 Å². The Morgan fingerprint density at radius 2 is 2.12 bits per heavy atom. The average molecular weight is 317 g/mol. The first-order chi connectivity index (χ1) is 8.09. The van der Waals surface area contributed by atoms with Crippen LogP contribution in [0.15, 0.2) is 41.0 Å². The van der Waals surface area contributed by atoms with Gasteiger partial charge in [0.1, 0.15) is 11.9 Å². The van der Waals surface area contributed by atoms with Gasteiger partial charge in [0, 0.05) is 21.3 Å². The summed E-state index contributed by atoms with van der Waals surface area (Å²) < 4.78 is 13.8. The third kappa shape index (κ3) is 2.65. The van der Waals surface area contributed by atoms with Crippen molar-refractivity contribution in [2.45, 2.75) is 6.10 Å². The van der Waals surface area contributed by atoms with Crippen molar-refractivity contribution in [3.05, 3.63) is 63.1 Å². The van der Waals surface area contributed by atoms with Crippen molar-refractivity contribution >= 4 is 27.5 Å². The van der Waals surface area contributed by atoms with Crippen LogP contribution in [-0.4, -0.2) is 10.1 Å². The van der Waals surface area contributed by atoms with Gasteiger partial charge in [-0.25, -0.2) is 4.39 Å². The predicted molar refractivity (Wildman–Crippen MR) is 67.4 cm³/mol. The normalized spacial score (nSPS) is 12.5. The van der Waals surface area contributed by atoms with Gasteiger partial charge in [0.15, 0.2) is 0 Å². The number of nitrogens with zero attached hydrogens (tertiary/aromatic N) is 1. The number of rotatable bonds is 2. The highest BCUT2D eigenvalue weighted by Crippen LogP contribution is 2.31. The molecule has 0 amide bonds. The van der Waals surface area contributed by atoms with Crippen molar-refractivity contribution < 1.29 is 9.50 Å². The molecular formula is C12H8BrClFNO. The van der Waals surface area contributed by atoms with Crippen LogP contribution < -0.4 is 0 Å². The number of hydrogen-bond donors (Lipinski definition) is 1. The molecular weight excluding hydrogens is 308 g/mol. The minimum Gasteiger partial charge on any atom is -0.382 e. The van der Waals surface area contributed by atoms with Crippen molar-refractivity contribution in [2.75, 3.05) is 0 Å². The lowest BCUT2D eigenvalue weighted by Gasteiger charge is -2.13. The summed E-state index contributed by atoms with van der Waals surface area (Å²) in [6.07, 6.45) is 0.491. The number of halogens is 3. The number of aliphatic hydroxyl groups excluding tert-OH is 1. The summed E-state index contributed by atoms with van der Waals surface area (Å²) in [5.74, 6) is -0.449. The van der Waals surface area contributed by atoms with Gasteiger partial charge in [-0.2, -0.15) is 0 Å². The Hall–Kier alpha value is -0.970. The predicted octanol–water partition coefficient (Wildman–Crippen LogP) is 3.72. The molecule has 1 heterocycles. The fourth-order valence-electron chi connectivity index (χ4n) is 1.47. The largest absolute Gasteiger partial charge is 0.382 e. The van der Waals surface area contributed by atoms with Crippen LogP contribution >= 0.6 is 27.5 Å². The Kier molecular flexibility index (Phi) is 3.76. The molecule has 17 heavy (non-hydrogen) atoms. The second-order valence-corrected chi connectivity index (χ2v) is 4.70. The van der Waals surface area contributed by atoms with E-state index in [2.05, 4.69) is 20.9 Å². The summed E-state index contributed by atoms with van der Waals surface area (Å²) in [7, 11) is 0. The molecule has 5 heteroatoms. The van der Waals surface area contributed by atoms with E-state index >= 15 is 0 Å². The topological polar surface area (TPSA) is 33.1 Å². The van der Waals surface area contributed by atoms with Crippen molar-refractivity contribution in [3.63, 3.8) is 0 Å². The van der Waals surface area contributed by atoms with Crippen LogP contribution in [0.3, 0.4) is 0 Å². The number of aromatic nitrogens is 1. The number of pyridine rings is 1. The molecule has 0 aliphatic rings. The lowest BCUT2D eigenvalue weighted by atomic mass is 10.1. The first-order valence-corrected chi connectivity index (χ1v) is 6.00. The van der Waals surface area contributed by atoms with E-state index in [1.807, 2.05) is 0 Å². The number of aliphatic hydroxyl groups is 1. The van der Waals surface area contributed by atoms with Gasteiger partial charge in [-0.3, -0.25) is 4.98 Å². The number of hydrogen-bond acceptors (Lipinski definition) is 2. The summed E-state index contributed by atoms with van der Waals surface area (Å²) in [6.45, 7) is 0. The Balaban J connectivity index is 2.47. The zero-order valence-corrected chi connectivity index (χ0v) is 10.9. The third-order valence-electron chi connectivity index (χ3n) is 2.30. The Labute approximate surface area is 111 Å². The molecule has 0 aliphatic heterocycles. The minimum absolute atomic E-state index is 0.297. The highest BCUT2D eigenvalue weighted by atomic mass is 79.9. The fourth-order valence-corrected chi connectivity index (χ4v) is 2.16. The molecule has 0 aliphatic carbocycles. The Bertz CT molecular complexity index is 550. The third-order valence-corrected chi connectivity index (χ3v) is 3.31. The van der Waals surface area contributed by atoms with Gasteiger partial charge >= 0.3 is 0 Å². The van der Waals surface area contributed by atoms with E-state index in [0.717, 1.165) is 0 Å². The van der Waals surface area contributed by atoms with E-state index in [1.54, 1.807) is 18.3 Å². The highest BCUT2D eigenvalue weighted by Gasteiger charge is 2.18. The zero-order valence-electron chi connectivity index (χ0n) is 8.57. The zero-order chi connectivity index (χ0) is 12.4. The molecule has 1 atom stereocenters. The van der Waals surface area contributed by atoms with Crippen LogP contribution in [-0.2, 0) is 0 Å². The molecule has 1 N–H and O–H groups in total. The standard InChI is InChI=1S/C12H8BrClFNO/c13-9-2-1-5-16-11(9)12(17)8-6-7(15)3-4-10(8)14/h1-6,12,17H. The lowest BCUT2D eigenvalue weighted by Crippen LogP contribution is -2.04. The molecule has 0 saturated carbocycles. The Morgan fingerprint density at radius 3 is 2.82 bits per heavy atom. The summed E-state index contributed by atoms with van der Waals surface area (Å²) in [5, 5.41) is 10.4. The first-order valence-electron chi connectivity index (χ1n) is 4.83. The molecule has 0 radical (unpaired) electrons. The van der Waals surface area contributed by atoms with Gasteiger partial charge in [0.2, 0.25) is 0 Å². The fraction of sp³-hybridized carbons (Fsp3) is 0.0833. The molecule has 2 rings (SSSR count). The monoisotopic (exact) mass is 315 g/mol. The van der Waals surface area contributed by atoms with Crippen molar-refractivity contribution in [2.24, 2.45) is 0 Å². The summed E-state index contributed by atoms with van der Waals surface area (Å²) in [6, 6.07) is 7.33. The maximum absolute atomic E-state index is 13.1. The van der Waals surface area contributed by atoms with Gasteiger partial charge in [-0.1, -0.05) is 11.6 Å². The van der Waals surface area contributed by atoms with Crippen LogP contribution in [0.2, 0.25) is 5.02 Å². The van der Waals surface area contributed by atoms with Crippen LogP contribution in [0.25, 0.3) is 0 Å². The van der Waals surface area contributed by atoms with Crippen molar-refractivity contribution in [3.8, 4) is 0 Å². The second-order valence-electron chi connectivity index (χ2n) is 3.44. The van der Waals surface area contributed by atoms with E-state index in [9.17, 15) is 9.50 Å². The SMILES string of the molecule is OC(c1cc(F)ccc1Cl)c1ncccc1Br. The van der Waals surface area contributed by atoms with E-state index in [-0.39, 0.29) is 0 Å². The van der Waals surface area contributed by atoms with E-state index in [1.165, 1.54) is 18.2 Å². The van der Waals surface area contributed by atoms with Crippen LogP contribution in [0.5, 0.6) is 0 Å². The van der Waals surface area contributed by atoms with Crippen LogP contribution in [0.1, 0.15) is 17.4 Å².